The van der Waals surface area contributed by atoms with Crippen LogP contribution >= 0.6 is 0 Å². The first-order valence-corrected chi connectivity index (χ1v) is 12.1. The number of nitrogens with zero attached hydrogens (tertiary/aromatic N) is 3. The van der Waals surface area contributed by atoms with Gasteiger partial charge in [0.25, 0.3) is 5.69 Å². The summed E-state index contributed by atoms with van der Waals surface area (Å²) in [4.78, 5) is 37.6. The van der Waals surface area contributed by atoms with Gasteiger partial charge in [-0.3, -0.25) is 24.0 Å². The van der Waals surface area contributed by atoms with E-state index in [2.05, 4.69) is 5.32 Å². The lowest BCUT2D eigenvalue weighted by Gasteiger charge is -2.31. The van der Waals surface area contributed by atoms with E-state index in [-0.39, 0.29) is 17.9 Å². The smallest absolute Gasteiger partial charge is 0.271 e. The van der Waals surface area contributed by atoms with Crippen LogP contribution in [0.25, 0.3) is 0 Å². The number of carbonyl (C=O) groups excluding carboxylic acids is 2. The molecule has 0 saturated carbocycles. The minimum absolute atomic E-state index is 0.0158. The van der Waals surface area contributed by atoms with E-state index in [4.69, 9.17) is 4.74 Å². The molecule has 0 fully saturated rings. The number of hydrogen-bond acceptors (Lipinski definition) is 7. The van der Waals surface area contributed by atoms with Crippen LogP contribution in [0.5, 0.6) is 5.75 Å². The molecular formula is C22H28N4O7S. The summed E-state index contributed by atoms with van der Waals surface area (Å²) in [5.41, 5.74) is 0.838. The van der Waals surface area contributed by atoms with Gasteiger partial charge in [-0.05, 0) is 37.1 Å². The summed E-state index contributed by atoms with van der Waals surface area (Å²) in [5, 5.41) is 13.7. The molecule has 11 nitrogen and oxygen atoms in total. The van der Waals surface area contributed by atoms with Gasteiger partial charge >= 0.3 is 0 Å². The molecule has 0 spiro atoms. The molecule has 2 rings (SSSR count). The van der Waals surface area contributed by atoms with Crippen LogP contribution in [0.15, 0.2) is 42.5 Å². The molecular weight excluding hydrogens is 464 g/mol. The SMILES string of the molecule is CNC(=O)[C@@H](C)N(Cc1ccc(OC)cc1)C(=O)CN(c1cc([N+](=O)[O-])ccc1C)S(C)(=O)=O. The van der Waals surface area contributed by atoms with Crippen molar-refractivity contribution in [1.29, 1.82) is 0 Å². The average Bonchev–Trinajstić information content (AvgIpc) is 2.79. The number of benzene rings is 2. The Hall–Kier alpha value is -3.67. The van der Waals surface area contributed by atoms with E-state index in [9.17, 15) is 28.1 Å². The molecule has 0 unspecified atom stereocenters. The molecule has 1 N–H and O–H groups in total. The van der Waals surface area contributed by atoms with Gasteiger partial charge in [0.05, 0.1) is 24.0 Å². The summed E-state index contributed by atoms with van der Waals surface area (Å²) in [5.74, 6) is -0.465. The van der Waals surface area contributed by atoms with Crippen molar-refractivity contribution in [3.8, 4) is 5.75 Å². The number of amides is 2. The number of rotatable bonds is 10. The first kappa shape index (κ1) is 26.6. The van der Waals surface area contributed by atoms with Crippen molar-refractivity contribution < 1.29 is 27.7 Å². The fraction of sp³-hybridized carbons (Fsp3) is 0.364. The van der Waals surface area contributed by atoms with E-state index < -0.39 is 39.3 Å². The maximum atomic E-state index is 13.4. The van der Waals surface area contributed by atoms with Gasteiger partial charge in [0.1, 0.15) is 18.3 Å². The molecule has 1 atom stereocenters. The third-order valence-electron chi connectivity index (χ3n) is 5.28. The lowest BCUT2D eigenvalue weighted by Crippen LogP contribution is -2.50. The maximum Gasteiger partial charge on any atom is 0.271 e. The Morgan fingerprint density at radius 2 is 1.79 bits per heavy atom. The van der Waals surface area contributed by atoms with E-state index in [0.29, 0.717) is 16.9 Å². The fourth-order valence-electron chi connectivity index (χ4n) is 3.29. The number of aryl methyl sites for hydroxylation is 1. The number of non-ortho nitro benzene ring substituents is 1. The number of ether oxygens (including phenoxy) is 1. The highest BCUT2D eigenvalue weighted by Gasteiger charge is 2.30. The number of anilines is 1. The van der Waals surface area contributed by atoms with Crippen LogP contribution < -0.4 is 14.4 Å². The third kappa shape index (κ3) is 6.44. The Bertz CT molecular complexity index is 1170. The molecule has 0 bridgehead atoms. The molecule has 0 radical (unpaired) electrons. The first-order valence-electron chi connectivity index (χ1n) is 10.3. The minimum Gasteiger partial charge on any atom is -0.497 e. The van der Waals surface area contributed by atoms with Gasteiger partial charge < -0.3 is 15.0 Å². The van der Waals surface area contributed by atoms with Gasteiger partial charge in [0.2, 0.25) is 21.8 Å². The van der Waals surface area contributed by atoms with Crippen LogP contribution in [0.3, 0.4) is 0 Å². The molecule has 0 aliphatic heterocycles. The third-order valence-corrected chi connectivity index (χ3v) is 6.40. The van der Waals surface area contributed by atoms with Crippen molar-refractivity contribution in [2.24, 2.45) is 0 Å². The average molecular weight is 493 g/mol. The lowest BCUT2D eigenvalue weighted by molar-refractivity contribution is -0.384. The Balaban J connectivity index is 2.46. The zero-order valence-electron chi connectivity index (χ0n) is 19.6. The standard InChI is InChI=1S/C22H28N4O7S/c1-15-6-9-18(26(29)30)12-20(15)25(34(5,31)32)14-21(27)24(16(2)22(28)23-3)13-17-7-10-19(33-4)11-8-17/h6-12,16H,13-14H2,1-5H3,(H,23,28)/t16-/m1/s1. The van der Waals surface area contributed by atoms with E-state index in [0.717, 1.165) is 16.6 Å². The Morgan fingerprint density at radius 1 is 1.18 bits per heavy atom. The topological polar surface area (TPSA) is 139 Å². The molecule has 184 valence electrons. The molecule has 0 saturated heterocycles. The van der Waals surface area contributed by atoms with E-state index >= 15 is 0 Å². The predicted molar refractivity (Wildman–Crippen MR) is 127 cm³/mol. The van der Waals surface area contributed by atoms with Crippen molar-refractivity contribution >= 4 is 33.2 Å². The summed E-state index contributed by atoms with van der Waals surface area (Å²) in [6, 6.07) is 9.74. The number of likely N-dealkylation sites (N-methyl/N-ethyl adjacent to an activating group) is 1. The van der Waals surface area contributed by atoms with Gasteiger partial charge in [0.15, 0.2) is 0 Å². The Kier molecular flexibility index (Phi) is 8.57. The predicted octanol–water partition coefficient (Wildman–Crippen LogP) is 1.84. The molecule has 0 aliphatic rings. The number of methoxy groups -OCH3 is 1. The first-order chi connectivity index (χ1) is 15.9. The number of nitrogens with one attached hydrogen (secondary N) is 1. The summed E-state index contributed by atoms with van der Waals surface area (Å²) < 4.78 is 31.2. The van der Waals surface area contributed by atoms with Gasteiger partial charge in [-0.2, -0.15) is 0 Å². The maximum absolute atomic E-state index is 13.4. The molecule has 0 aliphatic carbocycles. The zero-order chi connectivity index (χ0) is 25.6. The van der Waals surface area contributed by atoms with Crippen molar-refractivity contribution in [1.82, 2.24) is 10.2 Å². The second-order valence-electron chi connectivity index (χ2n) is 7.66. The second kappa shape index (κ2) is 11.0. The van der Waals surface area contributed by atoms with Crippen LogP contribution in [-0.2, 0) is 26.2 Å². The van der Waals surface area contributed by atoms with Crippen LogP contribution in [-0.4, -0.2) is 63.1 Å². The Morgan fingerprint density at radius 3 is 2.29 bits per heavy atom. The van der Waals surface area contributed by atoms with Crippen molar-refractivity contribution in [2.75, 3.05) is 31.3 Å². The molecule has 34 heavy (non-hydrogen) atoms. The van der Waals surface area contributed by atoms with Gasteiger partial charge in [-0.15, -0.1) is 0 Å². The number of nitro benzene ring substituents is 1. The van der Waals surface area contributed by atoms with E-state index in [1.165, 1.54) is 38.1 Å². The van der Waals surface area contributed by atoms with Gasteiger partial charge in [-0.25, -0.2) is 8.42 Å². The van der Waals surface area contributed by atoms with Crippen molar-refractivity contribution in [3.05, 3.63) is 63.7 Å². The van der Waals surface area contributed by atoms with Crippen LogP contribution in [0.1, 0.15) is 18.1 Å². The number of nitro groups is 1. The highest BCUT2D eigenvalue weighted by Crippen LogP contribution is 2.28. The van der Waals surface area contributed by atoms with Crippen LogP contribution in [0.4, 0.5) is 11.4 Å². The highest BCUT2D eigenvalue weighted by atomic mass is 32.2. The van der Waals surface area contributed by atoms with Gasteiger partial charge in [-0.1, -0.05) is 18.2 Å². The van der Waals surface area contributed by atoms with Crippen LogP contribution in [0, 0.1) is 17.0 Å². The summed E-state index contributed by atoms with van der Waals surface area (Å²) in [6.07, 6.45) is 0.911. The fourth-order valence-corrected chi connectivity index (χ4v) is 4.19. The normalized spacial score (nSPS) is 11.9. The molecule has 2 aromatic rings. The molecule has 12 heteroatoms. The monoisotopic (exact) mass is 492 g/mol. The molecule has 0 heterocycles. The minimum atomic E-state index is -4.00. The molecule has 2 aromatic carbocycles. The quantitative estimate of drug-likeness (QED) is 0.394. The van der Waals surface area contributed by atoms with Crippen molar-refractivity contribution in [2.45, 2.75) is 26.4 Å². The second-order valence-corrected chi connectivity index (χ2v) is 9.56. The summed E-state index contributed by atoms with van der Waals surface area (Å²) in [6.45, 7) is 2.51. The number of hydrogen-bond donors (Lipinski definition) is 1. The number of sulfonamides is 1. The lowest BCUT2D eigenvalue weighted by atomic mass is 10.1. The zero-order valence-corrected chi connectivity index (χ0v) is 20.5. The van der Waals surface area contributed by atoms with E-state index in [1.807, 2.05) is 0 Å². The highest BCUT2D eigenvalue weighted by molar-refractivity contribution is 7.92. The summed E-state index contributed by atoms with van der Waals surface area (Å²) >= 11 is 0. The molecule has 0 aromatic heterocycles. The van der Waals surface area contributed by atoms with Gasteiger partial charge in [0, 0.05) is 25.7 Å². The number of carbonyl (C=O) groups is 2. The Labute approximate surface area is 198 Å². The van der Waals surface area contributed by atoms with Crippen LogP contribution in [0.2, 0.25) is 0 Å². The molecule has 2 amide bonds. The largest absolute Gasteiger partial charge is 0.497 e. The summed E-state index contributed by atoms with van der Waals surface area (Å²) in [7, 11) is -1.04. The van der Waals surface area contributed by atoms with Crippen molar-refractivity contribution in [3.63, 3.8) is 0 Å². The van der Waals surface area contributed by atoms with E-state index in [1.54, 1.807) is 31.2 Å².